The number of phenolic OH excluding ortho intramolecular Hbond substituents is 1. The maximum absolute atomic E-state index is 10.1. The minimum Gasteiger partial charge on any atom is -0.508 e. The van der Waals surface area contributed by atoms with E-state index in [1.165, 1.54) is 5.56 Å². The summed E-state index contributed by atoms with van der Waals surface area (Å²) in [6.07, 6.45) is 1.02. The molecule has 1 heterocycles. The Morgan fingerprint density at radius 2 is 1.74 bits per heavy atom. The SMILES string of the molecule is CCNC(=NCc1cc(OC)ccc1O)N1CCC(c2cc(OC)cc(OC)c2)C1.I. The molecule has 7 nitrogen and oxygen atoms in total. The number of methoxy groups -OCH3 is 3. The lowest BCUT2D eigenvalue weighted by Crippen LogP contribution is -2.40. The second-order valence-electron chi connectivity index (χ2n) is 7.24. The number of halogens is 1. The molecule has 0 bridgehead atoms. The van der Waals surface area contributed by atoms with Gasteiger partial charge in [-0.05, 0) is 49.2 Å². The zero-order valence-electron chi connectivity index (χ0n) is 18.6. The van der Waals surface area contributed by atoms with Crippen LogP contribution >= 0.6 is 24.0 Å². The van der Waals surface area contributed by atoms with Crippen LogP contribution in [-0.4, -0.2) is 56.9 Å². The van der Waals surface area contributed by atoms with Crippen molar-refractivity contribution in [3.05, 3.63) is 47.5 Å². The topological polar surface area (TPSA) is 75.6 Å². The van der Waals surface area contributed by atoms with Gasteiger partial charge in [0, 0.05) is 37.2 Å². The van der Waals surface area contributed by atoms with Crippen molar-refractivity contribution in [2.45, 2.75) is 25.8 Å². The lowest BCUT2D eigenvalue weighted by atomic mass is 9.98. The van der Waals surface area contributed by atoms with Crippen LogP contribution in [0.25, 0.3) is 0 Å². The summed E-state index contributed by atoms with van der Waals surface area (Å²) in [5.74, 6) is 3.74. The third kappa shape index (κ3) is 6.32. The molecule has 1 unspecified atom stereocenters. The van der Waals surface area contributed by atoms with E-state index in [1.807, 2.05) is 12.1 Å². The van der Waals surface area contributed by atoms with Crippen LogP contribution in [0.2, 0.25) is 0 Å². The molecule has 1 fully saturated rings. The molecular weight excluding hydrogens is 509 g/mol. The molecule has 31 heavy (non-hydrogen) atoms. The van der Waals surface area contributed by atoms with Gasteiger partial charge in [-0.25, -0.2) is 4.99 Å². The maximum Gasteiger partial charge on any atom is 0.194 e. The number of rotatable bonds is 7. The summed E-state index contributed by atoms with van der Waals surface area (Å²) < 4.78 is 16.1. The molecular formula is C23H32IN3O4. The molecule has 0 spiro atoms. The molecule has 170 valence electrons. The van der Waals surface area contributed by atoms with E-state index in [1.54, 1.807) is 33.5 Å². The highest BCUT2D eigenvalue weighted by atomic mass is 127. The highest BCUT2D eigenvalue weighted by molar-refractivity contribution is 14.0. The number of likely N-dealkylation sites (tertiary alicyclic amines) is 1. The molecule has 1 saturated heterocycles. The van der Waals surface area contributed by atoms with Gasteiger partial charge in [0.25, 0.3) is 0 Å². The van der Waals surface area contributed by atoms with Crippen LogP contribution < -0.4 is 19.5 Å². The first-order valence-corrected chi connectivity index (χ1v) is 10.2. The lowest BCUT2D eigenvalue weighted by molar-refractivity contribution is 0.392. The van der Waals surface area contributed by atoms with Gasteiger partial charge in [0.1, 0.15) is 23.0 Å². The number of hydrogen-bond donors (Lipinski definition) is 2. The summed E-state index contributed by atoms with van der Waals surface area (Å²) in [6, 6.07) is 11.2. The third-order valence-electron chi connectivity index (χ3n) is 5.35. The van der Waals surface area contributed by atoms with Crippen LogP contribution in [0.5, 0.6) is 23.0 Å². The highest BCUT2D eigenvalue weighted by Gasteiger charge is 2.27. The van der Waals surface area contributed by atoms with Gasteiger partial charge < -0.3 is 29.5 Å². The average Bonchev–Trinajstić information content (AvgIpc) is 3.27. The van der Waals surface area contributed by atoms with E-state index >= 15 is 0 Å². The van der Waals surface area contributed by atoms with E-state index in [-0.39, 0.29) is 29.7 Å². The first-order valence-electron chi connectivity index (χ1n) is 10.2. The Labute approximate surface area is 201 Å². The maximum atomic E-state index is 10.1. The van der Waals surface area contributed by atoms with Gasteiger partial charge in [-0.2, -0.15) is 0 Å². The van der Waals surface area contributed by atoms with Crippen molar-refractivity contribution >= 4 is 29.9 Å². The van der Waals surface area contributed by atoms with E-state index < -0.39 is 0 Å². The number of guanidine groups is 1. The zero-order chi connectivity index (χ0) is 21.5. The smallest absolute Gasteiger partial charge is 0.194 e. The number of aromatic hydroxyl groups is 1. The standard InChI is InChI=1S/C23H31N3O4.HI/c1-5-24-23(25-14-18-12-19(28-2)6-7-22(18)27)26-9-8-16(15-26)17-10-20(29-3)13-21(11-17)30-4;/h6-7,10-13,16,27H,5,8-9,14-15H2,1-4H3,(H,24,25);1H. The summed E-state index contributed by atoms with van der Waals surface area (Å²) in [4.78, 5) is 7.03. The van der Waals surface area contributed by atoms with E-state index in [0.717, 1.165) is 49.1 Å². The van der Waals surface area contributed by atoms with E-state index in [0.29, 0.717) is 18.2 Å². The second kappa shape index (κ2) is 11.9. The quantitative estimate of drug-likeness (QED) is 0.314. The lowest BCUT2D eigenvalue weighted by Gasteiger charge is -2.22. The number of phenols is 1. The fourth-order valence-electron chi connectivity index (χ4n) is 3.69. The number of aliphatic imine (C=N–C) groups is 1. The average molecular weight is 541 g/mol. The van der Waals surface area contributed by atoms with Gasteiger partial charge in [-0.1, -0.05) is 0 Å². The largest absolute Gasteiger partial charge is 0.508 e. The Morgan fingerprint density at radius 3 is 2.35 bits per heavy atom. The van der Waals surface area contributed by atoms with E-state index in [2.05, 4.69) is 29.3 Å². The molecule has 0 saturated carbocycles. The molecule has 8 heteroatoms. The minimum atomic E-state index is 0. The number of benzene rings is 2. The molecule has 2 N–H and O–H groups in total. The molecule has 2 aromatic rings. The van der Waals surface area contributed by atoms with Crippen LogP contribution in [0.3, 0.4) is 0 Å². The van der Waals surface area contributed by atoms with E-state index in [9.17, 15) is 5.11 Å². The van der Waals surface area contributed by atoms with Gasteiger partial charge in [-0.15, -0.1) is 24.0 Å². The monoisotopic (exact) mass is 541 g/mol. The number of nitrogens with zero attached hydrogens (tertiary/aromatic N) is 2. The van der Waals surface area contributed by atoms with Crippen molar-refractivity contribution < 1.29 is 19.3 Å². The molecule has 3 rings (SSSR count). The molecule has 0 radical (unpaired) electrons. The normalized spacial score (nSPS) is 15.9. The van der Waals surface area contributed by atoms with Crippen LogP contribution in [0.4, 0.5) is 0 Å². The Hall–Kier alpha value is -2.36. The van der Waals surface area contributed by atoms with Crippen molar-refractivity contribution in [2.75, 3.05) is 41.0 Å². The Kier molecular flexibility index (Phi) is 9.54. The van der Waals surface area contributed by atoms with E-state index in [4.69, 9.17) is 19.2 Å². The summed E-state index contributed by atoms with van der Waals surface area (Å²) in [7, 11) is 4.95. The number of hydrogen-bond acceptors (Lipinski definition) is 5. The van der Waals surface area contributed by atoms with Gasteiger partial charge in [0.15, 0.2) is 5.96 Å². The van der Waals surface area contributed by atoms with Gasteiger partial charge in [-0.3, -0.25) is 0 Å². The van der Waals surface area contributed by atoms with Crippen molar-refractivity contribution in [1.29, 1.82) is 0 Å². The highest BCUT2D eigenvalue weighted by Crippen LogP contribution is 2.33. The molecule has 1 atom stereocenters. The van der Waals surface area contributed by atoms with Crippen molar-refractivity contribution in [3.63, 3.8) is 0 Å². The van der Waals surface area contributed by atoms with Crippen LogP contribution in [0.15, 0.2) is 41.4 Å². The predicted molar refractivity (Wildman–Crippen MR) is 133 cm³/mol. The molecule has 0 aromatic heterocycles. The molecule has 1 aliphatic rings. The summed E-state index contributed by atoms with van der Waals surface area (Å²) in [6.45, 7) is 4.96. The zero-order valence-corrected chi connectivity index (χ0v) is 20.9. The third-order valence-corrected chi connectivity index (χ3v) is 5.35. The molecule has 2 aromatic carbocycles. The van der Waals surface area contributed by atoms with Crippen molar-refractivity contribution in [2.24, 2.45) is 4.99 Å². The van der Waals surface area contributed by atoms with Gasteiger partial charge in [0.2, 0.25) is 0 Å². The molecule has 0 amide bonds. The van der Waals surface area contributed by atoms with Crippen LogP contribution in [0.1, 0.15) is 30.4 Å². The van der Waals surface area contributed by atoms with Crippen LogP contribution in [0, 0.1) is 0 Å². The van der Waals surface area contributed by atoms with Crippen molar-refractivity contribution in [1.82, 2.24) is 10.2 Å². The fourth-order valence-corrected chi connectivity index (χ4v) is 3.69. The number of ether oxygens (including phenoxy) is 3. The molecule has 1 aliphatic heterocycles. The Bertz CT molecular complexity index is 869. The first-order chi connectivity index (χ1) is 14.6. The van der Waals surface area contributed by atoms with Gasteiger partial charge in [0.05, 0.1) is 27.9 Å². The first kappa shape index (κ1) is 24.9. The van der Waals surface area contributed by atoms with Crippen LogP contribution in [-0.2, 0) is 6.54 Å². The Morgan fingerprint density at radius 1 is 1.06 bits per heavy atom. The summed E-state index contributed by atoms with van der Waals surface area (Å²) >= 11 is 0. The number of nitrogens with one attached hydrogen (secondary N) is 1. The second-order valence-corrected chi connectivity index (χ2v) is 7.24. The van der Waals surface area contributed by atoms with Crippen molar-refractivity contribution in [3.8, 4) is 23.0 Å². The summed E-state index contributed by atoms with van der Waals surface area (Å²) in [5, 5.41) is 13.5. The molecule has 0 aliphatic carbocycles. The van der Waals surface area contributed by atoms with Gasteiger partial charge >= 0.3 is 0 Å². The fraction of sp³-hybridized carbons (Fsp3) is 0.435. The predicted octanol–water partition coefficient (Wildman–Crippen LogP) is 3.99. The Balaban J connectivity index is 0.00000341. The summed E-state index contributed by atoms with van der Waals surface area (Å²) in [5.41, 5.74) is 1.94. The minimum absolute atomic E-state index is 0.